The average molecular weight is 283 g/mol. The van der Waals surface area contributed by atoms with E-state index in [1.54, 1.807) is 19.4 Å². The van der Waals surface area contributed by atoms with Gasteiger partial charge in [-0.3, -0.25) is 0 Å². The van der Waals surface area contributed by atoms with Gasteiger partial charge in [0.05, 0.1) is 12.2 Å². The third kappa shape index (κ3) is 5.02. The second-order valence-electron chi connectivity index (χ2n) is 4.10. The Labute approximate surface area is 118 Å². The van der Waals surface area contributed by atoms with Gasteiger partial charge in [0.15, 0.2) is 5.84 Å². The molecule has 0 aliphatic carbocycles. The number of nitrogens with two attached hydrogens (primary N) is 1. The van der Waals surface area contributed by atoms with Gasteiger partial charge in [-0.1, -0.05) is 5.16 Å². The zero-order valence-electron chi connectivity index (χ0n) is 11.8. The molecule has 20 heavy (non-hydrogen) atoms. The molecule has 7 heteroatoms. The molecule has 0 aliphatic heterocycles. The number of aryl methyl sites for hydroxylation is 1. The second kappa shape index (κ2) is 9.11. The number of amidine groups is 1. The summed E-state index contributed by atoms with van der Waals surface area (Å²) >= 11 is 0. The maximum absolute atomic E-state index is 8.77. The maximum Gasteiger partial charge on any atom is 0.224 e. The van der Waals surface area contributed by atoms with E-state index in [1.807, 2.05) is 6.92 Å². The van der Waals surface area contributed by atoms with E-state index >= 15 is 0 Å². The molecule has 1 aromatic rings. The van der Waals surface area contributed by atoms with Gasteiger partial charge in [0.25, 0.3) is 0 Å². The van der Waals surface area contributed by atoms with Crippen LogP contribution >= 0.6 is 0 Å². The van der Waals surface area contributed by atoms with Gasteiger partial charge in [0, 0.05) is 26.5 Å². The van der Waals surface area contributed by atoms with Crippen molar-refractivity contribution in [3.05, 3.63) is 23.4 Å². The molecular weight excluding hydrogens is 262 g/mol. The number of hydrogen-bond donors (Lipinski definition) is 2. The van der Waals surface area contributed by atoms with E-state index in [0.29, 0.717) is 37.9 Å². The number of hydrogen-bond acceptors (Lipinski definition) is 6. The Hall–Kier alpha value is -1.86. The third-order valence-electron chi connectivity index (χ3n) is 2.59. The molecule has 112 valence electrons. The minimum Gasteiger partial charge on any atom is -0.475 e. The van der Waals surface area contributed by atoms with Crippen molar-refractivity contribution in [2.75, 3.05) is 33.5 Å². The summed E-state index contributed by atoms with van der Waals surface area (Å²) in [7, 11) is 1.65. The Morgan fingerprint density at radius 3 is 2.85 bits per heavy atom. The van der Waals surface area contributed by atoms with Gasteiger partial charge in [0.1, 0.15) is 6.61 Å². The molecule has 1 aromatic heterocycles. The summed E-state index contributed by atoms with van der Waals surface area (Å²) in [5.74, 6) is 0.312. The van der Waals surface area contributed by atoms with Gasteiger partial charge in [-0.25, -0.2) is 4.98 Å². The van der Waals surface area contributed by atoms with Crippen LogP contribution in [0.5, 0.6) is 5.88 Å². The average Bonchev–Trinajstić information content (AvgIpc) is 2.45. The fraction of sp³-hybridized carbons (Fsp3) is 0.538. The topological polar surface area (TPSA) is 99.2 Å². The molecule has 7 nitrogen and oxygen atoms in total. The first-order chi connectivity index (χ1) is 9.70. The molecule has 0 bridgehead atoms. The van der Waals surface area contributed by atoms with Crippen molar-refractivity contribution in [3.63, 3.8) is 0 Å². The van der Waals surface area contributed by atoms with E-state index in [1.165, 1.54) is 0 Å². The molecule has 0 amide bonds. The highest BCUT2D eigenvalue weighted by Gasteiger charge is 2.12. The lowest BCUT2D eigenvalue weighted by Gasteiger charge is -2.11. The van der Waals surface area contributed by atoms with E-state index in [0.717, 1.165) is 12.0 Å². The lowest BCUT2D eigenvalue weighted by molar-refractivity contribution is 0.0795. The van der Waals surface area contributed by atoms with Crippen LogP contribution < -0.4 is 10.5 Å². The molecule has 0 unspecified atom stereocenters. The minimum absolute atomic E-state index is 0.0217. The molecule has 0 atom stereocenters. The first kappa shape index (κ1) is 16.2. The molecule has 0 aromatic carbocycles. The van der Waals surface area contributed by atoms with Crippen LogP contribution in [0.1, 0.15) is 17.5 Å². The number of nitrogens with zero attached hydrogens (tertiary/aromatic N) is 2. The van der Waals surface area contributed by atoms with Gasteiger partial charge in [0.2, 0.25) is 5.88 Å². The molecule has 0 aliphatic rings. The lowest BCUT2D eigenvalue weighted by atomic mass is 10.1. The van der Waals surface area contributed by atoms with Crippen LogP contribution in [0.4, 0.5) is 0 Å². The van der Waals surface area contributed by atoms with Crippen LogP contribution in [0.2, 0.25) is 0 Å². The van der Waals surface area contributed by atoms with Crippen LogP contribution in [0.25, 0.3) is 0 Å². The van der Waals surface area contributed by atoms with Crippen LogP contribution in [0.3, 0.4) is 0 Å². The summed E-state index contributed by atoms with van der Waals surface area (Å²) in [6.45, 7) is 3.91. The molecule has 3 N–H and O–H groups in total. The highest BCUT2D eigenvalue weighted by atomic mass is 16.5. The number of aromatic nitrogens is 1. The van der Waals surface area contributed by atoms with E-state index in [-0.39, 0.29) is 5.84 Å². The number of ether oxygens (including phenoxy) is 3. The van der Waals surface area contributed by atoms with Crippen molar-refractivity contribution < 1.29 is 19.4 Å². The largest absolute Gasteiger partial charge is 0.475 e. The number of methoxy groups -OCH3 is 1. The Balaban J connectivity index is 2.46. The van der Waals surface area contributed by atoms with Crippen LogP contribution in [-0.4, -0.2) is 49.6 Å². The standard InChI is InChI=1S/C13H21N3O4/c1-10-4-5-15-13(11(10)12(14)16-17)20-9-8-19-7-3-6-18-2/h4-5,17H,3,6-9H2,1-2H3,(H2,14,16). The molecule has 0 radical (unpaired) electrons. The van der Waals surface area contributed by atoms with Crippen molar-refractivity contribution in [1.29, 1.82) is 0 Å². The summed E-state index contributed by atoms with van der Waals surface area (Å²) in [5.41, 5.74) is 6.94. The molecule has 1 heterocycles. The zero-order chi connectivity index (χ0) is 14.8. The Morgan fingerprint density at radius 2 is 2.15 bits per heavy atom. The molecule has 0 spiro atoms. The predicted octanol–water partition coefficient (Wildman–Crippen LogP) is 0.916. The molecule has 1 rings (SSSR count). The fourth-order valence-electron chi connectivity index (χ4n) is 1.61. The minimum atomic E-state index is -0.0217. The van der Waals surface area contributed by atoms with Gasteiger partial charge in [-0.05, 0) is 25.0 Å². The number of rotatable bonds is 9. The zero-order valence-corrected chi connectivity index (χ0v) is 11.8. The summed E-state index contributed by atoms with van der Waals surface area (Å²) in [6.07, 6.45) is 2.45. The Kier molecular flexibility index (Phi) is 7.38. The first-order valence-electron chi connectivity index (χ1n) is 6.33. The number of pyridine rings is 1. The van der Waals surface area contributed by atoms with Crippen molar-refractivity contribution in [2.24, 2.45) is 10.9 Å². The lowest BCUT2D eigenvalue weighted by Crippen LogP contribution is -2.18. The fourth-order valence-corrected chi connectivity index (χ4v) is 1.61. The second-order valence-corrected chi connectivity index (χ2v) is 4.10. The third-order valence-corrected chi connectivity index (χ3v) is 2.59. The van der Waals surface area contributed by atoms with Gasteiger partial charge in [-0.15, -0.1) is 0 Å². The van der Waals surface area contributed by atoms with Crippen LogP contribution in [0.15, 0.2) is 17.4 Å². The summed E-state index contributed by atoms with van der Waals surface area (Å²) in [5, 5.41) is 11.8. The normalized spacial score (nSPS) is 11.6. The monoisotopic (exact) mass is 283 g/mol. The summed E-state index contributed by atoms with van der Waals surface area (Å²) < 4.78 is 15.8. The SMILES string of the molecule is COCCCOCCOc1nccc(C)c1/C(N)=N/O. The quantitative estimate of drug-likeness (QED) is 0.230. The number of oxime groups is 1. The van der Waals surface area contributed by atoms with Crippen LogP contribution in [-0.2, 0) is 9.47 Å². The van der Waals surface area contributed by atoms with Crippen LogP contribution in [0, 0.1) is 6.92 Å². The summed E-state index contributed by atoms with van der Waals surface area (Å²) in [4.78, 5) is 4.09. The summed E-state index contributed by atoms with van der Waals surface area (Å²) in [6, 6.07) is 1.77. The van der Waals surface area contributed by atoms with Gasteiger partial charge < -0.3 is 25.2 Å². The van der Waals surface area contributed by atoms with Crippen molar-refractivity contribution in [2.45, 2.75) is 13.3 Å². The van der Waals surface area contributed by atoms with E-state index < -0.39 is 0 Å². The maximum atomic E-state index is 8.77. The predicted molar refractivity (Wildman–Crippen MR) is 74.3 cm³/mol. The highest BCUT2D eigenvalue weighted by molar-refractivity contribution is 6.00. The van der Waals surface area contributed by atoms with Gasteiger partial charge >= 0.3 is 0 Å². The van der Waals surface area contributed by atoms with Crippen molar-refractivity contribution in [3.8, 4) is 5.88 Å². The first-order valence-corrected chi connectivity index (χ1v) is 6.33. The Morgan fingerprint density at radius 1 is 1.35 bits per heavy atom. The Bertz CT molecular complexity index is 438. The van der Waals surface area contributed by atoms with Crippen molar-refractivity contribution >= 4 is 5.84 Å². The van der Waals surface area contributed by atoms with Crippen molar-refractivity contribution in [1.82, 2.24) is 4.98 Å². The van der Waals surface area contributed by atoms with E-state index in [9.17, 15) is 0 Å². The van der Waals surface area contributed by atoms with Gasteiger partial charge in [-0.2, -0.15) is 0 Å². The molecule has 0 saturated heterocycles. The smallest absolute Gasteiger partial charge is 0.224 e. The molecular formula is C13H21N3O4. The van der Waals surface area contributed by atoms with E-state index in [2.05, 4.69) is 10.1 Å². The molecule has 0 fully saturated rings. The molecule has 0 saturated carbocycles. The van der Waals surface area contributed by atoms with E-state index in [4.69, 9.17) is 25.2 Å². The highest BCUT2D eigenvalue weighted by Crippen LogP contribution is 2.18.